The van der Waals surface area contributed by atoms with E-state index in [1.54, 1.807) is 42.5 Å². The Bertz CT molecular complexity index is 1240. The van der Waals surface area contributed by atoms with Crippen molar-refractivity contribution in [1.29, 1.82) is 0 Å². The summed E-state index contributed by atoms with van der Waals surface area (Å²) in [6.45, 7) is -0.210. The number of nitrogens with one attached hydrogen (secondary N) is 2. The normalized spacial score (nSPS) is 11.9. The number of hydrogen-bond donors (Lipinski definition) is 3. The maximum atomic E-state index is 13.1. The lowest BCUT2D eigenvalue weighted by Crippen LogP contribution is -2.47. The molecule has 0 unspecified atom stereocenters. The standard InChI is InChI=1S/C26H25ClFN5O4/c27-23-4-2-1-3-18(23)14-36-15-24(33-25(34)13-30-17-31-16-29)26(35)32-20-7-11-22(12-8-20)37-21-9-5-19(28)6-10-21/h1-12,16-17,24H,13-15H2,(H,32,35)(H,33,34)(H2,29,30,31)/t24-/m0/s1. The second kappa shape index (κ2) is 14.3. The van der Waals surface area contributed by atoms with Crippen LogP contribution in [0.4, 0.5) is 10.1 Å². The van der Waals surface area contributed by atoms with Gasteiger partial charge in [0.25, 0.3) is 0 Å². The molecular formula is C26H25ClFN5O4. The van der Waals surface area contributed by atoms with Crippen molar-refractivity contribution in [1.82, 2.24) is 5.32 Å². The number of halogens is 2. The van der Waals surface area contributed by atoms with Crippen LogP contribution in [0.2, 0.25) is 5.02 Å². The van der Waals surface area contributed by atoms with Crippen LogP contribution in [-0.2, 0) is 20.9 Å². The average Bonchev–Trinajstić information content (AvgIpc) is 2.89. The SMILES string of the molecule is NC=NC=NCC(=O)N[C@@H](COCc1ccccc1Cl)C(=O)Nc1ccc(Oc2ccc(F)cc2)cc1. The highest BCUT2D eigenvalue weighted by atomic mass is 35.5. The number of carbonyl (C=O) groups excluding carboxylic acids is 2. The van der Waals surface area contributed by atoms with Crippen LogP contribution in [0.25, 0.3) is 0 Å². The molecule has 3 aromatic rings. The third-order valence-corrected chi connectivity index (χ3v) is 5.16. The van der Waals surface area contributed by atoms with Gasteiger partial charge in [-0.25, -0.2) is 9.38 Å². The number of hydrogen-bond acceptors (Lipinski definition) is 5. The van der Waals surface area contributed by atoms with E-state index in [9.17, 15) is 14.0 Å². The molecule has 3 aromatic carbocycles. The van der Waals surface area contributed by atoms with Gasteiger partial charge in [-0.05, 0) is 60.2 Å². The molecule has 0 fully saturated rings. The van der Waals surface area contributed by atoms with Gasteiger partial charge in [-0.1, -0.05) is 29.8 Å². The van der Waals surface area contributed by atoms with Gasteiger partial charge in [0.2, 0.25) is 11.8 Å². The van der Waals surface area contributed by atoms with Crippen LogP contribution in [0.3, 0.4) is 0 Å². The monoisotopic (exact) mass is 525 g/mol. The van der Waals surface area contributed by atoms with Gasteiger partial charge in [-0.2, -0.15) is 0 Å². The summed E-state index contributed by atoms with van der Waals surface area (Å²) in [7, 11) is 0. The van der Waals surface area contributed by atoms with Crippen molar-refractivity contribution in [3.05, 3.63) is 89.2 Å². The molecule has 11 heteroatoms. The Labute approximate surface area is 218 Å². The number of aliphatic imine (C=N–C) groups is 2. The molecule has 0 bridgehead atoms. The van der Waals surface area contributed by atoms with Gasteiger partial charge in [0.05, 0.1) is 19.6 Å². The Morgan fingerprint density at radius 2 is 1.70 bits per heavy atom. The number of benzene rings is 3. The van der Waals surface area contributed by atoms with Gasteiger partial charge in [0.15, 0.2) is 0 Å². The maximum absolute atomic E-state index is 13.1. The van der Waals surface area contributed by atoms with E-state index in [1.807, 2.05) is 6.07 Å². The first kappa shape index (κ1) is 27.3. The summed E-state index contributed by atoms with van der Waals surface area (Å²) in [4.78, 5) is 32.6. The molecule has 9 nitrogen and oxygen atoms in total. The second-order valence-electron chi connectivity index (χ2n) is 7.55. The maximum Gasteiger partial charge on any atom is 0.249 e. The third kappa shape index (κ3) is 9.36. The van der Waals surface area contributed by atoms with Crippen molar-refractivity contribution in [2.45, 2.75) is 12.6 Å². The quantitative estimate of drug-likeness (QED) is 0.244. The van der Waals surface area contributed by atoms with Crippen LogP contribution < -0.4 is 21.1 Å². The minimum absolute atomic E-state index is 0.112. The van der Waals surface area contributed by atoms with Gasteiger partial charge in [0, 0.05) is 10.7 Å². The summed E-state index contributed by atoms with van der Waals surface area (Å²) >= 11 is 6.16. The lowest BCUT2D eigenvalue weighted by Gasteiger charge is -2.19. The largest absolute Gasteiger partial charge is 0.457 e. The molecule has 0 radical (unpaired) electrons. The zero-order valence-corrected chi connectivity index (χ0v) is 20.4. The van der Waals surface area contributed by atoms with Gasteiger partial charge in [-0.15, -0.1) is 0 Å². The molecule has 0 aliphatic carbocycles. The van der Waals surface area contributed by atoms with Gasteiger partial charge < -0.3 is 25.8 Å². The smallest absolute Gasteiger partial charge is 0.249 e. The van der Waals surface area contributed by atoms with Gasteiger partial charge in [-0.3, -0.25) is 14.6 Å². The molecule has 192 valence electrons. The number of nitrogens with two attached hydrogens (primary N) is 1. The molecule has 2 amide bonds. The summed E-state index contributed by atoms with van der Waals surface area (Å²) in [5.74, 6) is -0.401. The van der Waals surface area contributed by atoms with Crippen molar-refractivity contribution in [3.63, 3.8) is 0 Å². The molecule has 0 aliphatic rings. The summed E-state index contributed by atoms with van der Waals surface area (Å²) < 4.78 is 24.4. The highest BCUT2D eigenvalue weighted by Gasteiger charge is 2.21. The van der Waals surface area contributed by atoms with E-state index in [2.05, 4.69) is 20.6 Å². The van der Waals surface area contributed by atoms with Crippen molar-refractivity contribution in [2.75, 3.05) is 18.5 Å². The van der Waals surface area contributed by atoms with Crippen molar-refractivity contribution >= 4 is 41.8 Å². The summed E-state index contributed by atoms with van der Waals surface area (Å²) in [6, 6.07) is 18.3. The first-order valence-corrected chi connectivity index (χ1v) is 11.5. The lowest BCUT2D eigenvalue weighted by atomic mass is 10.2. The number of carbonyl (C=O) groups is 2. The molecule has 1 atom stereocenters. The molecule has 0 spiro atoms. The van der Waals surface area contributed by atoms with E-state index in [0.29, 0.717) is 22.2 Å². The van der Waals surface area contributed by atoms with Crippen molar-refractivity contribution < 1.29 is 23.5 Å². The number of nitrogens with zero attached hydrogens (tertiary/aromatic N) is 2. The fraction of sp³-hybridized carbons (Fsp3) is 0.154. The zero-order chi connectivity index (χ0) is 26.5. The predicted molar refractivity (Wildman–Crippen MR) is 141 cm³/mol. The van der Waals surface area contributed by atoms with E-state index >= 15 is 0 Å². The number of ether oxygens (including phenoxy) is 2. The van der Waals surface area contributed by atoms with Crippen LogP contribution in [-0.4, -0.2) is 43.7 Å². The topological polar surface area (TPSA) is 127 Å². The lowest BCUT2D eigenvalue weighted by molar-refractivity contribution is -0.127. The second-order valence-corrected chi connectivity index (χ2v) is 7.96. The van der Waals surface area contributed by atoms with E-state index in [0.717, 1.165) is 18.2 Å². The van der Waals surface area contributed by atoms with Crippen LogP contribution in [0.1, 0.15) is 5.56 Å². The van der Waals surface area contributed by atoms with E-state index < -0.39 is 17.9 Å². The summed E-state index contributed by atoms with van der Waals surface area (Å²) in [6.07, 6.45) is 2.17. The average molecular weight is 526 g/mol. The number of rotatable bonds is 12. The molecular weight excluding hydrogens is 501 g/mol. The summed E-state index contributed by atoms with van der Waals surface area (Å²) in [5, 5.41) is 5.87. The summed E-state index contributed by atoms with van der Waals surface area (Å²) in [5.41, 5.74) is 6.34. The molecule has 0 aromatic heterocycles. The third-order valence-electron chi connectivity index (χ3n) is 4.79. The predicted octanol–water partition coefficient (Wildman–Crippen LogP) is 3.93. The minimum Gasteiger partial charge on any atom is -0.457 e. The van der Waals surface area contributed by atoms with Crippen molar-refractivity contribution in [3.8, 4) is 11.5 Å². The fourth-order valence-electron chi connectivity index (χ4n) is 3.01. The fourth-order valence-corrected chi connectivity index (χ4v) is 3.20. The first-order chi connectivity index (χ1) is 17.9. The van der Waals surface area contributed by atoms with Gasteiger partial charge >= 0.3 is 0 Å². The van der Waals surface area contributed by atoms with Crippen LogP contribution >= 0.6 is 11.6 Å². The molecule has 0 saturated carbocycles. The Kier molecular flexibility index (Phi) is 10.6. The Balaban J connectivity index is 1.61. The van der Waals surface area contributed by atoms with Crippen molar-refractivity contribution in [2.24, 2.45) is 15.7 Å². The Hall–Kier alpha value is -4.28. The molecule has 0 aliphatic heterocycles. The van der Waals surface area contributed by atoms with E-state index in [-0.39, 0.29) is 25.6 Å². The molecule has 37 heavy (non-hydrogen) atoms. The zero-order valence-electron chi connectivity index (χ0n) is 19.6. The number of amides is 2. The van der Waals surface area contributed by atoms with Crippen LogP contribution in [0.15, 0.2) is 82.8 Å². The molecule has 0 heterocycles. The Morgan fingerprint density at radius 3 is 2.38 bits per heavy atom. The highest BCUT2D eigenvalue weighted by molar-refractivity contribution is 6.31. The van der Waals surface area contributed by atoms with E-state index in [1.165, 1.54) is 24.3 Å². The molecule has 4 N–H and O–H groups in total. The first-order valence-electron chi connectivity index (χ1n) is 11.1. The van der Waals surface area contributed by atoms with Gasteiger partial charge in [0.1, 0.15) is 36.2 Å². The molecule has 3 rings (SSSR count). The highest BCUT2D eigenvalue weighted by Crippen LogP contribution is 2.23. The van der Waals surface area contributed by atoms with Crippen LogP contribution in [0, 0.1) is 5.82 Å². The van der Waals surface area contributed by atoms with E-state index in [4.69, 9.17) is 26.8 Å². The Morgan fingerprint density at radius 1 is 1.03 bits per heavy atom. The molecule has 0 saturated heterocycles. The minimum atomic E-state index is -1.02. The number of anilines is 1. The van der Waals surface area contributed by atoms with Crippen LogP contribution in [0.5, 0.6) is 11.5 Å².